The van der Waals surface area contributed by atoms with Gasteiger partial charge in [0, 0.05) is 94.1 Å². The van der Waals surface area contributed by atoms with Gasteiger partial charge in [0.05, 0.1) is 61.0 Å². The maximum absolute atomic E-state index is 12.7. The van der Waals surface area contributed by atoms with E-state index < -0.39 is 5.97 Å². The molecule has 3 N–H and O–H groups in total. The Morgan fingerprint density at radius 3 is 1.11 bits per heavy atom. The highest BCUT2D eigenvalue weighted by molar-refractivity contribution is 6.02. The molecule has 3 aliphatic heterocycles. The molecule has 0 bridgehead atoms. The molecule has 91 heavy (non-hydrogen) atoms. The maximum Gasteiger partial charge on any atom is 0.337 e. The third-order valence-corrected chi connectivity index (χ3v) is 21.1. The van der Waals surface area contributed by atoms with Crippen LogP contribution in [-0.2, 0) is 57.9 Å². The Morgan fingerprint density at radius 1 is 0.418 bits per heavy atom. The lowest BCUT2D eigenvalue weighted by Crippen LogP contribution is -2.22. The first-order chi connectivity index (χ1) is 44.5. The summed E-state index contributed by atoms with van der Waals surface area (Å²) in [7, 11) is 4.29. The smallest absolute Gasteiger partial charge is 0.337 e. The summed E-state index contributed by atoms with van der Waals surface area (Å²) >= 11 is 0. The van der Waals surface area contributed by atoms with E-state index in [-0.39, 0.29) is 48.9 Å². The number of esters is 3. The lowest BCUT2D eigenvalue weighted by atomic mass is 9.81. The molecule has 3 unspecified atom stereocenters. The van der Waals surface area contributed by atoms with E-state index in [0.717, 1.165) is 35.9 Å². The number of aromatic carboxylic acids is 1. The van der Waals surface area contributed by atoms with Crippen LogP contribution in [-0.4, -0.2) is 87.4 Å². The van der Waals surface area contributed by atoms with Gasteiger partial charge in [-0.1, -0.05) is 149 Å². The quantitative estimate of drug-likeness (QED) is 0.0933. The fourth-order valence-electron chi connectivity index (χ4n) is 16.8. The molecule has 15 rings (SSSR count). The van der Waals surface area contributed by atoms with E-state index in [1.165, 1.54) is 201 Å². The van der Waals surface area contributed by atoms with Crippen molar-refractivity contribution in [3.8, 4) is 33.8 Å². The number of fused-ring (bicyclic) bond motifs is 15. The summed E-state index contributed by atoms with van der Waals surface area (Å²) < 4.78 is 22.1. The van der Waals surface area contributed by atoms with Crippen molar-refractivity contribution in [2.45, 2.75) is 153 Å². The Morgan fingerprint density at radius 2 is 0.758 bits per heavy atom. The summed E-state index contributed by atoms with van der Waals surface area (Å²) in [6.07, 6.45) is 21.0. The number of aliphatic hydroxyl groups excluding tert-OH is 2. The summed E-state index contributed by atoms with van der Waals surface area (Å²) in [6, 6.07) is 43.1. The minimum absolute atomic E-state index is 0.126. The van der Waals surface area contributed by atoms with Crippen LogP contribution in [0.5, 0.6) is 0 Å². The molecular formula is C78H85N3O10. The molecule has 3 aromatic heterocycles. The zero-order valence-electron chi connectivity index (χ0n) is 52.9. The number of ether oxygens (including phenoxy) is 3. The Bertz CT molecular complexity index is 4200. The summed E-state index contributed by atoms with van der Waals surface area (Å²) in [5, 5.41) is 33.3. The first-order valence-electron chi connectivity index (χ1n) is 33.4. The molecule has 3 saturated carbocycles. The van der Waals surface area contributed by atoms with Gasteiger partial charge >= 0.3 is 23.9 Å². The number of aromatic nitrogens is 3. The van der Waals surface area contributed by atoms with Gasteiger partial charge in [-0.05, 0) is 145 Å². The zero-order chi connectivity index (χ0) is 62.9. The van der Waals surface area contributed by atoms with Crippen molar-refractivity contribution >= 4 is 56.6 Å². The van der Waals surface area contributed by atoms with E-state index in [4.69, 9.17) is 14.2 Å². The van der Waals surface area contributed by atoms with E-state index in [9.17, 15) is 34.5 Å². The number of carbonyl (C=O) groups excluding carboxylic acids is 3. The first kappa shape index (κ1) is 61.6. The lowest BCUT2D eigenvalue weighted by molar-refractivity contribution is -0.145. The second kappa shape index (κ2) is 26.9. The number of hydrogen-bond acceptors (Lipinski definition) is 9. The zero-order valence-corrected chi connectivity index (χ0v) is 52.9. The minimum Gasteiger partial charge on any atom is -0.478 e. The average Bonchev–Trinajstić information content (AvgIpc) is 1.61. The normalized spacial score (nSPS) is 19.1. The molecule has 3 aliphatic carbocycles. The van der Waals surface area contributed by atoms with E-state index in [1.54, 1.807) is 6.07 Å². The lowest BCUT2D eigenvalue weighted by Gasteiger charge is -2.24. The van der Waals surface area contributed by atoms with Crippen molar-refractivity contribution in [3.05, 3.63) is 177 Å². The van der Waals surface area contributed by atoms with Crippen molar-refractivity contribution in [2.24, 2.45) is 17.8 Å². The van der Waals surface area contributed by atoms with E-state index in [0.29, 0.717) is 54.0 Å². The minimum atomic E-state index is -0.894. The first-order valence-corrected chi connectivity index (χ1v) is 33.4. The summed E-state index contributed by atoms with van der Waals surface area (Å²) in [4.78, 5) is 48.9. The fraction of sp³-hybridized carbons (Fsp3) is 0.410. The predicted molar refractivity (Wildman–Crippen MR) is 357 cm³/mol. The van der Waals surface area contributed by atoms with Gasteiger partial charge in [0.25, 0.3) is 0 Å². The number of carboxylic acids is 1. The van der Waals surface area contributed by atoms with Gasteiger partial charge in [0.15, 0.2) is 0 Å². The average molecular weight is 1220 g/mol. The van der Waals surface area contributed by atoms with Crippen LogP contribution in [0, 0.1) is 17.8 Å². The van der Waals surface area contributed by atoms with Gasteiger partial charge in [0.1, 0.15) is 0 Å². The van der Waals surface area contributed by atoms with Crippen molar-refractivity contribution < 1.29 is 48.7 Å². The molecular weight excluding hydrogens is 1140 g/mol. The number of nitrogens with zero attached hydrogens (tertiary/aromatic N) is 3. The predicted octanol–water partition coefficient (Wildman–Crippen LogP) is 16.0. The monoisotopic (exact) mass is 1220 g/mol. The topological polar surface area (TPSA) is 171 Å². The van der Waals surface area contributed by atoms with E-state index in [2.05, 4.69) is 92.6 Å². The molecule has 6 heterocycles. The van der Waals surface area contributed by atoms with Crippen LogP contribution in [0.15, 0.2) is 127 Å². The van der Waals surface area contributed by atoms with Gasteiger partial charge < -0.3 is 43.2 Å². The number of aliphatic hydroxyl groups is 2. The van der Waals surface area contributed by atoms with Crippen LogP contribution >= 0.6 is 0 Å². The third kappa shape index (κ3) is 11.8. The van der Waals surface area contributed by atoms with Crippen LogP contribution in [0.25, 0.3) is 66.5 Å². The van der Waals surface area contributed by atoms with E-state index >= 15 is 0 Å². The number of hydrogen-bond donors (Lipinski definition) is 3. The van der Waals surface area contributed by atoms with Crippen LogP contribution in [0.4, 0.5) is 0 Å². The molecule has 0 spiro atoms. The second-order valence-electron chi connectivity index (χ2n) is 26.5. The van der Waals surface area contributed by atoms with Crippen LogP contribution < -0.4 is 0 Å². The summed E-state index contributed by atoms with van der Waals surface area (Å²) in [5.74, 6) is -0.207. The van der Waals surface area contributed by atoms with Crippen LogP contribution in [0.1, 0.15) is 179 Å². The van der Waals surface area contributed by atoms with Crippen molar-refractivity contribution in [1.82, 2.24) is 13.7 Å². The van der Waals surface area contributed by atoms with Gasteiger partial charge in [-0.3, -0.25) is 4.79 Å². The molecule has 6 aromatic carbocycles. The Kier molecular flexibility index (Phi) is 18.2. The SMILES string of the molecule is COC(=O)c1ccc2c(C3CCCCC3)c3n(c2c1)CC(C(=O)OC)Cc1ccccc1-3.COC(=O)c1ccc2c(C3CCCCC3)c3n(c2c1)CC(CO)Cc1ccccc1-3.O=C(O)c1ccc2c(C3CCCCC3)c3n(c2c1)CC(CO)Cc1ccccc1-3. The molecule has 0 radical (unpaired) electrons. The van der Waals surface area contributed by atoms with E-state index in [1.807, 2.05) is 42.5 Å². The second-order valence-corrected chi connectivity index (χ2v) is 26.5. The highest BCUT2D eigenvalue weighted by atomic mass is 16.5. The molecule has 0 saturated heterocycles. The van der Waals surface area contributed by atoms with Crippen molar-refractivity contribution in [1.29, 1.82) is 0 Å². The standard InChI is InChI=1S/C27H29NO4.C26H29NO3.C25H27NO3/c1-31-26(29)19-12-13-22-23(15-19)28-16-20(27(30)32-2)14-18-10-6-7-11-21(18)25(28)24(22)17-8-4-3-5-9-17;1-30-26(29)20-11-12-22-23(14-20)27-15-17(16-28)13-19-9-5-6-10-21(19)25(27)24(22)18-7-3-2-4-8-18;27-15-16-12-18-8-4-5-9-20(18)24-23(17-6-2-1-3-7-17)21-11-10-19(25(28)29)13-22(21)26(24)14-16/h6-7,10-13,15,17,20H,3-5,8-9,14,16H2,1-2H3;5-6,9-12,14,17-18,28H,2-4,7-8,13,15-16H2,1H3;4-5,8-11,13,16-17,27H,1-3,6-7,12,14-15H2,(H,28,29). The maximum atomic E-state index is 12.7. The summed E-state index contributed by atoms with van der Waals surface area (Å²) in [6.45, 7) is 2.29. The molecule has 13 nitrogen and oxygen atoms in total. The van der Waals surface area contributed by atoms with Gasteiger partial charge in [-0.25, -0.2) is 14.4 Å². The molecule has 9 aromatic rings. The highest BCUT2D eigenvalue weighted by Gasteiger charge is 2.36. The number of carboxylic acid groups (broad SMARTS) is 1. The molecule has 0 amide bonds. The van der Waals surface area contributed by atoms with Crippen LogP contribution in [0.2, 0.25) is 0 Å². The number of rotatable bonds is 9. The van der Waals surface area contributed by atoms with Gasteiger partial charge in [-0.15, -0.1) is 0 Å². The molecule has 3 fully saturated rings. The number of benzene rings is 6. The van der Waals surface area contributed by atoms with Gasteiger partial charge in [-0.2, -0.15) is 0 Å². The van der Waals surface area contributed by atoms with Crippen LogP contribution in [0.3, 0.4) is 0 Å². The van der Waals surface area contributed by atoms with Crippen molar-refractivity contribution in [3.63, 3.8) is 0 Å². The molecule has 13 heteroatoms. The molecule has 3 atom stereocenters. The third-order valence-electron chi connectivity index (χ3n) is 21.1. The number of carbonyl (C=O) groups is 4. The molecule has 472 valence electrons. The highest BCUT2D eigenvalue weighted by Crippen LogP contribution is 2.50. The van der Waals surface area contributed by atoms with Crippen molar-refractivity contribution in [2.75, 3.05) is 34.5 Å². The molecule has 6 aliphatic rings. The summed E-state index contributed by atoms with van der Waals surface area (Å²) in [5.41, 5.74) is 19.9. The van der Waals surface area contributed by atoms with Gasteiger partial charge in [0.2, 0.25) is 0 Å². The Balaban J connectivity index is 0.000000125. The largest absolute Gasteiger partial charge is 0.478 e. The Hall–Kier alpha value is -8.26. The Labute approximate surface area is 533 Å². The number of methoxy groups -OCH3 is 3. The fourth-order valence-corrected chi connectivity index (χ4v) is 16.8.